The maximum absolute atomic E-state index is 12.5. The fourth-order valence-electron chi connectivity index (χ4n) is 0.980. The van der Waals surface area contributed by atoms with Crippen molar-refractivity contribution < 1.29 is 13.8 Å². The van der Waals surface area contributed by atoms with Gasteiger partial charge in [-0.25, -0.2) is 9.61 Å². The Balaban J connectivity index is 1.99. The van der Waals surface area contributed by atoms with E-state index in [-0.39, 0.29) is 6.61 Å². The number of nitrogens with zero attached hydrogens (tertiary/aromatic N) is 3. The molecule has 2 rings (SSSR count). The summed E-state index contributed by atoms with van der Waals surface area (Å²) >= 11 is 0. The average Bonchev–Trinajstić information content (AvgIpc) is 2.63. The van der Waals surface area contributed by atoms with Crippen LogP contribution in [0.2, 0.25) is 0 Å². The first-order chi connectivity index (χ1) is 7.25. The topological polar surface area (TPSA) is 61.0 Å². The van der Waals surface area contributed by atoms with Crippen molar-refractivity contribution in [3.63, 3.8) is 0 Å². The second-order valence-corrected chi connectivity index (χ2v) is 2.90. The average molecular weight is 209 g/mol. The summed E-state index contributed by atoms with van der Waals surface area (Å²) in [6.07, 6.45) is 1.30. The fourth-order valence-corrected chi connectivity index (χ4v) is 0.980. The zero-order valence-electron chi connectivity index (χ0n) is 7.98. The van der Waals surface area contributed by atoms with Gasteiger partial charge in [0.25, 0.3) is 0 Å². The molecule has 0 spiro atoms. The van der Waals surface area contributed by atoms with Crippen molar-refractivity contribution in [3.8, 4) is 5.75 Å². The molecule has 0 aromatic carbocycles. The van der Waals surface area contributed by atoms with Gasteiger partial charge in [-0.1, -0.05) is 10.3 Å². The second-order valence-electron chi connectivity index (χ2n) is 2.90. The van der Waals surface area contributed by atoms with Gasteiger partial charge >= 0.3 is 0 Å². The van der Waals surface area contributed by atoms with E-state index >= 15 is 0 Å². The lowest BCUT2D eigenvalue weighted by atomic mass is 10.4. The quantitative estimate of drug-likeness (QED) is 0.716. The van der Waals surface area contributed by atoms with Gasteiger partial charge in [-0.3, -0.25) is 0 Å². The van der Waals surface area contributed by atoms with E-state index < -0.39 is 5.95 Å². The minimum absolute atomic E-state index is 0.225. The van der Waals surface area contributed by atoms with Gasteiger partial charge in [-0.2, -0.15) is 4.39 Å². The molecule has 0 aliphatic rings. The lowest BCUT2D eigenvalue weighted by molar-refractivity contribution is 0.269. The predicted octanol–water partition coefficient (Wildman–Crippen LogP) is 1.49. The van der Waals surface area contributed by atoms with Crippen molar-refractivity contribution in [2.24, 2.45) is 0 Å². The molecule has 0 unspecified atom stereocenters. The summed E-state index contributed by atoms with van der Waals surface area (Å²) in [7, 11) is 0. The van der Waals surface area contributed by atoms with E-state index in [9.17, 15) is 4.39 Å². The number of pyridine rings is 1. The monoisotopic (exact) mass is 209 g/mol. The van der Waals surface area contributed by atoms with Crippen LogP contribution in [0.5, 0.6) is 5.75 Å². The van der Waals surface area contributed by atoms with Crippen LogP contribution in [0.15, 0.2) is 23.0 Å². The third-order valence-corrected chi connectivity index (χ3v) is 1.82. The van der Waals surface area contributed by atoms with E-state index in [1.165, 1.54) is 18.3 Å². The van der Waals surface area contributed by atoms with Crippen LogP contribution in [-0.2, 0) is 6.61 Å². The molecule has 0 amide bonds. The number of halogens is 1. The normalized spacial score (nSPS) is 10.3. The van der Waals surface area contributed by atoms with Gasteiger partial charge < -0.3 is 4.74 Å². The lowest BCUT2D eigenvalue weighted by Gasteiger charge is -2.02. The van der Waals surface area contributed by atoms with E-state index in [1.54, 1.807) is 6.92 Å². The number of hydrogen-bond acceptors (Lipinski definition) is 5. The maximum Gasteiger partial charge on any atom is 0.213 e. The molecule has 0 radical (unpaired) electrons. The predicted molar refractivity (Wildman–Crippen MR) is 47.6 cm³/mol. The molecule has 6 heteroatoms. The van der Waals surface area contributed by atoms with E-state index in [2.05, 4.69) is 19.9 Å². The van der Waals surface area contributed by atoms with E-state index in [4.69, 9.17) is 4.74 Å². The van der Waals surface area contributed by atoms with Gasteiger partial charge in [-0.05, 0) is 19.1 Å². The molecular formula is C9H8FN3O2. The Bertz CT molecular complexity index is 441. The van der Waals surface area contributed by atoms with E-state index in [0.717, 1.165) is 0 Å². The summed E-state index contributed by atoms with van der Waals surface area (Å²) in [6.45, 7) is 1.99. The van der Waals surface area contributed by atoms with E-state index in [0.29, 0.717) is 17.1 Å². The molecule has 0 aliphatic heterocycles. The first-order valence-electron chi connectivity index (χ1n) is 4.28. The molecule has 0 bridgehead atoms. The summed E-state index contributed by atoms with van der Waals surface area (Å²) in [5.74, 6) is -0.0690. The smallest absolute Gasteiger partial charge is 0.213 e. The summed E-state index contributed by atoms with van der Waals surface area (Å²) in [5.41, 5.74) is 1.28. The fraction of sp³-hybridized carbons (Fsp3) is 0.222. The second kappa shape index (κ2) is 4.04. The van der Waals surface area contributed by atoms with Crippen molar-refractivity contribution in [2.75, 3.05) is 0 Å². The Hall–Kier alpha value is -1.98. The Morgan fingerprint density at radius 3 is 2.87 bits per heavy atom. The van der Waals surface area contributed by atoms with Crippen LogP contribution in [0.4, 0.5) is 4.39 Å². The summed E-state index contributed by atoms with van der Waals surface area (Å²) in [4.78, 5) is 3.45. The standard InChI is InChI=1S/C9H8FN3O2/c1-6-8(13-15-12-6)5-14-7-2-3-9(10)11-4-7/h2-4H,5H2,1H3. The number of hydrogen-bond donors (Lipinski definition) is 0. The molecule has 0 aliphatic carbocycles. The highest BCUT2D eigenvalue weighted by Crippen LogP contribution is 2.11. The van der Waals surface area contributed by atoms with E-state index in [1.807, 2.05) is 0 Å². The van der Waals surface area contributed by atoms with Crippen LogP contribution in [0, 0.1) is 12.9 Å². The van der Waals surface area contributed by atoms with Crippen LogP contribution in [0.1, 0.15) is 11.4 Å². The maximum atomic E-state index is 12.5. The Morgan fingerprint density at radius 2 is 2.27 bits per heavy atom. The molecule has 2 aromatic rings. The Kier molecular flexibility index (Phi) is 2.57. The molecule has 2 heterocycles. The van der Waals surface area contributed by atoms with Gasteiger partial charge in [0.05, 0.1) is 6.20 Å². The molecule has 5 nitrogen and oxygen atoms in total. The zero-order valence-corrected chi connectivity index (χ0v) is 7.98. The van der Waals surface area contributed by atoms with Gasteiger partial charge in [0, 0.05) is 0 Å². The highest BCUT2D eigenvalue weighted by Gasteiger charge is 2.05. The number of ether oxygens (including phenoxy) is 1. The molecule has 15 heavy (non-hydrogen) atoms. The Labute approximate surface area is 84.9 Å². The molecule has 0 fully saturated rings. The molecule has 0 saturated carbocycles. The largest absolute Gasteiger partial charge is 0.485 e. The molecule has 0 saturated heterocycles. The summed E-state index contributed by atoms with van der Waals surface area (Å²) in [6, 6.07) is 2.72. The van der Waals surface area contributed by atoms with Crippen molar-refractivity contribution in [1.29, 1.82) is 0 Å². The minimum atomic E-state index is -0.540. The molecule has 78 valence electrons. The van der Waals surface area contributed by atoms with Crippen LogP contribution in [0.3, 0.4) is 0 Å². The van der Waals surface area contributed by atoms with Crippen molar-refractivity contribution >= 4 is 0 Å². The lowest BCUT2D eigenvalue weighted by Crippen LogP contribution is -1.98. The molecule has 0 N–H and O–H groups in total. The SMILES string of the molecule is Cc1nonc1COc1ccc(F)nc1. The highest BCUT2D eigenvalue weighted by molar-refractivity contribution is 5.17. The minimum Gasteiger partial charge on any atom is -0.485 e. The van der Waals surface area contributed by atoms with Crippen LogP contribution in [0.25, 0.3) is 0 Å². The summed E-state index contributed by atoms with van der Waals surface area (Å²) in [5, 5.41) is 7.24. The van der Waals surface area contributed by atoms with Gasteiger partial charge in [0.1, 0.15) is 23.7 Å². The van der Waals surface area contributed by atoms with Gasteiger partial charge in [-0.15, -0.1) is 0 Å². The number of aromatic nitrogens is 3. The number of rotatable bonds is 3. The zero-order chi connectivity index (χ0) is 10.7. The van der Waals surface area contributed by atoms with Gasteiger partial charge in [0.2, 0.25) is 5.95 Å². The third-order valence-electron chi connectivity index (χ3n) is 1.82. The molecular weight excluding hydrogens is 201 g/mol. The van der Waals surface area contributed by atoms with Crippen molar-refractivity contribution in [3.05, 3.63) is 35.7 Å². The van der Waals surface area contributed by atoms with Crippen LogP contribution < -0.4 is 4.74 Å². The van der Waals surface area contributed by atoms with Crippen LogP contribution in [-0.4, -0.2) is 15.3 Å². The van der Waals surface area contributed by atoms with Crippen molar-refractivity contribution in [1.82, 2.24) is 15.3 Å². The van der Waals surface area contributed by atoms with Crippen molar-refractivity contribution in [2.45, 2.75) is 13.5 Å². The molecule has 2 aromatic heterocycles. The van der Waals surface area contributed by atoms with Gasteiger partial charge in [0.15, 0.2) is 0 Å². The third kappa shape index (κ3) is 2.28. The Morgan fingerprint density at radius 1 is 1.40 bits per heavy atom. The van der Waals surface area contributed by atoms with Crippen LogP contribution >= 0.6 is 0 Å². The first-order valence-corrected chi connectivity index (χ1v) is 4.28. The highest BCUT2D eigenvalue weighted by atomic mass is 19.1. The summed E-state index contributed by atoms with van der Waals surface area (Å²) < 4.78 is 22.3. The number of aryl methyl sites for hydroxylation is 1. The first kappa shape index (κ1) is 9.57. The molecule has 0 atom stereocenters.